The summed E-state index contributed by atoms with van der Waals surface area (Å²) in [4.78, 5) is 38.1. The van der Waals surface area contributed by atoms with E-state index in [1.54, 1.807) is 6.07 Å². The molecule has 1 amide bonds. The second-order valence-corrected chi connectivity index (χ2v) is 9.04. The molecule has 1 aliphatic heterocycles. The molecule has 1 atom stereocenters. The van der Waals surface area contributed by atoms with Crippen molar-refractivity contribution in [1.82, 2.24) is 14.9 Å². The van der Waals surface area contributed by atoms with Gasteiger partial charge in [0.1, 0.15) is 5.82 Å². The van der Waals surface area contributed by atoms with Crippen LogP contribution < -0.4 is 10.5 Å². The van der Waals surface area contributed by atoms with Crippen LogP contribution in [0.25, 0.3) is 10.9 Å². The molecule has 2 aromatic carbocycles. The molecule has 0 radical (unpaired) electrons. The Morgan fingerprint density at radius 2 is 2.00 bits per heavy atom. The van der Waals surface area contributed by atoms with Gasteiger partial charge in [-0.3, -0.25) is 14.5 Å². The zero-order valence-corrected chi connectivity index (χ0v) is 18.1. The van der Waals surface area contributed by atoms with Crippen LogP contribution >= 0.6 is 11.8 Å². The Morgan fingerprint density at radius 1 is 1.23 bits per heavy atom. The molecular weight excluding hydrogens is 396 g/mol. The quantitative estimate of drug-likeness (QED) is 0.680. The normalized spacial score (nSPS) is 16.5. The van der Waals surface area contributed by atoms with E-state index in [-0.39, 0.29) is 18.0 Å². The maximum absolute atomic E-state index is 13.2. The van der Waals surface area contributed by atoms with Crippen LogP contribution in [0.3, 0.4) is 0 Å². The number of thioether (sulfide) groups is 1. The molecule has 2 heterocycles. The fourth-order valence-electron chi connectivity index (χ4n) is 3.72. The number of aromatic nitrogens is 2. The number of hydrogen-bond donors (Lipinski definition) is 1. The number of hydrogen-bond acceptors (Lipinski definition) is 5. The van der Waals surface area contributed by atoms with Crippen LogP contribution in [0.5, 0.6) is 0 Å². The van der Waals surface area contributed by atoms with Gasteiger partial charge < -0.3 is 9.88 Å². The fraction of sp³-hybridized carbons (Fsp3) is 0.348. The molecule has 0 aliphatic carbocycles. The Labute approximate surface area is 180 Å². The minimum Gasteiger partial charge on any atom is -0.310 e. The highest BCUT2D eigenvalue weighted by Gasteiger charge is 2.25. The lowest BCUT2D eigenvalue weighted by Gasteiger charge is -2.26. The van der Waals surface area contributed by atoms with Crippen molar-refractivity contribution >= 4 is 34.3 Å². The van der Waals surface area contributed by atoms with Crippen molar-refractivity contribution in [2.45, 2.75) is 37.0 Å². The molecule has 0 saturated heterocycles. The maximum atomic E-state index is 13.2. The number of amides is 1. The van der Waals surface area contributed by atoms with Gasteiger partial charge in [-0.1, -0.05) is 38.1 Å². The number of anilines is 1. The van der Waals surface area contributed by atoms with Crippen molar-refractivity contribution < 1.29 is 4.79 Å². The van der Waals surface area contributed by atoms with Gasteiger partial charge in [-0.15, -0.1) is 11.8 Å². The standard InChI is InChI=1S/C23H26N4O2S/c1-3-26(14-21-24-18-9-5-4-8-17(18)23(29)25-21)15-22(28)27-13-12-16(2)30-20-11-7-6-10-19(20)27/h4-11,16H,3,12-15H2,1-2H3,(H,24,25,29). The molecule has 0 bridgehead atoms. The molecule has 6 nitrogen and oxygen atoms in total. The lowest BCUT2D eigenvalue weighted by molar-refractivity contribution is -0.119. The van der Waals surface area contributed by atoms with E-state index in [0.29, 0.717) is 41.6 Å². The van der Waals surface area contributed by atoms with E-state index in [1.165, 1.54) is 0 Å². The van der Waals surface area contributed by atoms with Crippen molar-refractivity contribution in [3.8, 4) is 0 Å². The highest BCUT2D eigenvalue weighted by atomic mass is 32.2. The smallest absolute Gasteiger partial charge is 0.258 e. The number of carbonyl (C=O) groups is 1. The summed E-state index contributed by atoms with van der Waals surface area (Å²) in [6.07, 6.45) is 0.955. The van der Waals surface area contributed by atoms with Gasteiger partial charge in [0.15, 0.2) is 0 Å². The van der Waals surface area contributed by atoms with Gasteiger partial charge in [-0.25, -0.2) is 4.98 Å². The number of H-pyrrole nitrogens is 1. The summed E-state index contributed by atoms with van der Waals surface area (Å²) in [5.74, 6) is 0.649. The van der Waals surface area contributed by atoms with Crippen LogP contribution in [-0.2, 0) is 11.3 Å². The predicted molar refractivity (Wildman–Crippen MR) is 122 cm³/mol. The lowest BCUT2D eigenvalue weighted by atomic mass is 10.2. The first-order valence-electron chi connectivity index (χ1n) is 10.3. The topological polar surface area (TPSA) is 69.3 Å². The number of nitrogens with zero attached hydrogens (tertiary/aromatic N) is 3. The van der Waals surface area contributed by atoms with Crippen LogP contribution in [0, 0.1) is 0 Å². The number of rotatable bonds is 5. The number of carbonyl (C=O) groups excluding carboxylic acids is 1. The second-order valence-electron chi connectivity index (χ2n) is 7.56. The van der Waals surface area contributed by atoms with E-state index in [0.717, 1.165) is 17.0 Å². The highest BCUT2D eigenvalue weighted by Crippen LogP contribution is 2.37. The number of aromatic amines is 1. The number of benzene rings is 2. The van der Waals surface area contributed by atoms with Gasteiger partial charge in [0.05, 0.1) is 29.7 Å². The third-order valence-electron chi connectivity index (χ3n) is 5.39. The molecule has 4 rings (SSSR count). The summed E-state index contributed by atoms with van der Waals surface area (Å²) in [5, 5.41) is 1.05. The minimum absolute atomic E-state index is 0.0714. The van der Waals surface area contributed by atoms with Crippen LogP contribution in [0.1, 0.15) is 26.1 Å². The summed E-state index contributed by atoms with van der Waals surface area (Å²) in [5.41, 5.74) is 1.52. The Morgan fingerprint density at radius 3 is 2.83 bits per heavy atom. The monoisotopic (exact) mass is 422 g/mol. The van der Waals surface area contributed by atoms with Crippen molar-refractivity contribution in [2.24, 2.45) is 0 Å². The maximum Gasteiger partial charge on any atom is 0.258 e. The predicted octanol–water partition coefficient (Wildman–Crippen LogP) is 3.66. The molecular formula is C23H26N4O2S. The summed E-state index contributed by atoms with van der Waals surface area (Å²) in [6, 6.07) is 15.4. The zero-order chi connectivity index (χ0) is 21.1. The number of para-hydroxylation sites is 2. The minimum atomic E-state index is -0.148. The molecule has 1 aliphatic rings. The van der Waals surface area contributed by atoms with E-state index in [2.05, 4.69) is 23.0 Å². The van der Waals surface area contributed by atoms with Crippen LogP contribution in [0.4, 0.5) is 5.69 Å². The van der Waals surface area contributed by atoms with Crippen molar-refractivity contribution in [1.29, 1.82) is 0 Å². The zero-order valence-electron chi connectivity index (χ0n) is 17.3. The van der Waals surface area contributed by atoms with Gasteiger partial charge in [0.25, 0.3) is 5.56 Å². The molecule has 156 valence electrons. The molecule has 3 aromatic rings. The summed E-state index contributed by atoms with van der Waals surface area (Å²) in [7, 11) is 0. The average molecular weight is 423 g/mol. The summed E-state index contributed by atoms with van der Waals surface area (Å²) >= 11 is 1.83. The highest BCUT2D eigenvalue weighted by molar-refractivity contribution is 8.00. The van der Waals surface area contributed by atoms with Gasteiger partial charge in [0.2, 0.25) is 5.91 Å². The van der Waals surface area contributed by atoms with Gasteiger partial charge in [-0.2, -0.15) is 0 Å². The Kier molecular flexibility index (Phi) is 6.20. The average Bonchev–Trinajstić information content (AvgIpc) is 2.91. The fourth-order valence-corrected chi connectivity index (χ4v) is 4.84. The number of nitrogens with one attached hydrogen (secondary N) is 1. The number of likely N-dealkylation sites (N-methyl/N-ethyl adjacent to an activating group) is 1. The van der Waals surface area contributed by atoms with Crippen LogP contribution in [0.2, 0.25) is 0 Å². The summed E-state index contributed by atoms with van der Waals surface area (Å²) < 4.78 is 0. The first kappa shape index (κ1) is 20.6. The van der Waals surface area contributed by atoms with Gasteiger partial charge >= 0.3 is 0 Å². The van der Waals surface area contributed by atoms with Crippen molar-refractivity contribution in [3.63, 3.8) is 0 Å². The molecule has 7 heteroatoms. The van der Waals surface area contributed by atoms with E-state index >= 15 is 0 Å². The Bertz CT molecular complexity index is 1110. The molecule has 0 saturated carbocycles. The molecule has 1 aromatic heterocycles. The van der Waals surface area contributed by atoms with E-state index in [1.807, 2.05) is 64.9 Å². The van der Waals surface area contributed by atoms with E-state index < -0.39 is 0 Å². The molecule has 30 heavy (non-hydrogen) atoms. The van der Waals surface area contributed by atoms with E-state index in [9.17, 15) is 9.59 Å². The number of fused-ring (bicyclic) bond motifs is 2. The first-order chi connectivity index (χ1) is 14.5. The van der Waals surface area contributed by atoms with Crippen LogP contribution in [-0.4, -0.2) is 45.7 Å². The second kappa shape index (κ2) is 9.02. The van der Waals surface area contributed by atoms with Crippen molar-refractivity contribution in [2.75, 3.05) is 24.5 Å². The largest absolute Gasteiger partial charge is 0.310 e. The van der Waals surface area contributed by atoms with E-state index in [4.69, 9.17) is 0 Å². The Hall–Kier alpha value is -2.64. The third kappa shape index (κ3) is 4.42. The molecule has 0 fully saturated rings. The molecule has 1 unspecified atom stereocenters. The summed E-state index contributed by atoms with van der Waals surface area (Å²) in [6.45, 7) is 6.31. The Balaban J connectivity index is 1.53. The SMILES string of the molecule is CCN(CC(=O)N1CCC(C)Sc2ccccc21)Cc1nc2ccccc2c(=O)[nH]1. The van der Waals surface area contributed by atoms with Crippen LogP contribution in [0.15, 0.2) is 58.2 Å². The first-order valence-corrected chi connectivity index (χ1v) is 11.2. The van der Waals surface area contributed by atoms with Crippen molar-refractivity contribution in [3.05, 3.63) is 64.7 Å². The lowest BCUT2D eigenvalue weighted by Crippen LogP contribution is -2.41. The third-order valence-corrected chi connectivity index (χ3v) is 6.62. The molecule has 1 N–H and O–H groups in total. The van der Waals surface area contributed by atoms with Gasteiger partial charge in [0, 0.05) is 16.7 Å². The van der Waals surface area contributed by atoms with Gasteiger partial charge in [-0.05, 0) is 37.2 Å². The molecule has 0 spiro atoms.